The molecule has 0 saturated carbocycles. The average Bonchev–Trinajstić information content (AvgIpc) is 2.97. The summed E-state index contributed by atoms with van der Waals surface area (Å²) >= 11 is 6.10. The highest BCUT2D eigenvalue weighted by Gasteiger charge is 2.44. The minimum atomic E-state index is -0.826. The summed E-state index contributed by atoms with van der Waals surface area (Å²) in [4.78, 5) is 26.8. The largest absolute Gasteiger partial charge is 0.497 e. The SMILES string of the molecule is COc1ccc(OC)c([C@@H]2C(C#N)=C(N)N(c3ccc(Cl)c([N+](=O)[O-])c3)C3=C2C(=O)C[C@H](c2ccccc2)C3)c1. The summed E-state index contributed by atoms with van der Waals surface area (Å²) in [7, 11) is 3.04. The fourth-order valence-electron chi connectivity index (χ4n) is 5.54. The van der Waals surface area contributed by atoms with Gasteiger partial charge < -0.3 is 15.2 Å². The third kappa shape index (κ3) is 4.52. The average molecular weight is 557 g/mol. The third-order valence-electron chi connectivity index (χ3n) is 7.37. The Bertz CT molecular complexity index is 1630. The van der Waals surface area contributed by atoms with Crippen LogP contribution in [0.4, 0.5) is 11.4 Å². The van der Waals surface area contributed by atoms with Crippen molar-refractivity contribution in [1.29, 1.82) is 5.26 Å². The first-order valence-electron chi connectivity index (χ1n) is 12.5. The van der Waals surface area contributed by atoms with Gasteiger partial charge in [0.15, 0.2) is 5.78 Å². The molecule has 40 heavy (non-hydrogen) atoms. The van der Waals surface area contributed by atoms with Gasteiger partial charge in [-0.2, -0.15) is 5.26 Å². The molecule has 3 aromatic rings. The van der Waals surface area contributed by atoms with E-state index in [0.717, 1.165) is 5.56 Å². The number of rotatable bonds is 6. The standard InChI is InChI=1S/C30H25ClN4O5/c1-39-20-9-11-27(40-2)21(15-20)28-22(16-32)30(33)34(19-8-10-23(31)24(14-19)35(37)38)25-12-18(13-26(36)29(25)28)17-6-4-3-5-7-17/h3-11,14-15,18,28H,12-13,33H2,1-2H3/t18-,28-/m1/s1. The van der Waals surface area contributed by atoms with Crippen LogP contribution in [0.15, 0.2) is 89.4 Å². The molecule has 0 aromatic heterocycles. The van der Waals surface area contributed by atoms with Crippen molar-refractivity contribution in [3.63, 3.8) is 0 Å². The van der Waals surface area contributed by atoms with E-state index in [0.29, 0.717) is 40.4 Å². The lowest BCUT2D eigenvalue weighted by Gasteiger charge is -2.41. The Morgan fingerprint density at radius 3 is 2.48 bits per heavy atom. The van der Waals surface area contributed by atoms with Crippen LogP contribution in [0.25, 0.3) is 0 Å². The van der Waals surface area contributed by atoms with Crippen molar-refractivity contribution in [2.45, 2.75) is 24.7 Å². The van der Waals surface area contributed by atoms with Crippen LogP contribution in [0.3, 0.4) is 0 Å². The van der Waals surface area contributed by atoms with E-state index in [9.17, 15) is 20.2 Å². The minimum Gasteiger partial charge on any atom is -0.497 e. The van der Waals surface area contributed by atoms with Crippen LogP contribution < -0.4 is 20.1 Å². The summed E-state index contributed by atoms with van der Waals surface area (Å²) in [6.07, 6.45) is 0.628. The zero-order chi connectivity index (χ0) is 28.6. The van der Waals surface area contributed by atoms with Gasteiger partial charge in [0.2, 0.25) is 0 Å². The quantitative estimate of drug-likeness (QED) is 0.290. The van der Waals surface area contributed by atoms with Gasteiger partial charge in [0.1, 0.15) is 22.3 Å². The molecule has 1 aliphatic heterocycles. The maximum atomic E-state index is 14.1. The van der Waals surface area contributed by atoms with Gasteiger partial charge in [0, 0.05) is 29.3 Å². The zero-order valence-electron chi connectivity index (χ0n) is 21.8. The number of nitro benzene ring substituents is 1. The number of nitro groups is 1. The van der Waals surface area contributed by atoms with Crippen LogP contribution in [0.5, 0.6) is 11.5 Å². The summed E-state index contributed by atoms with van der Waals surface area (Å²) in [6, 6.07) is 21.3. The molecule has 1 aliphatic carbocycles. The van der Waals surface area contributed by atoms with Crippen molar-refractivity contribution in [3.8, 4) is 17.6 Å². The Balaban J connectivity index is 1.79. The lowest BCUT2D eigenvalue weighted by atomic mass is 9.71. The molecular formula is C30H25ClN4O5. The van der Waals surface area contributed by atoms with Gasteiger partial charge in [-0.1, -0.05) is 41.9 Å². The molecule has 0 radical (unpaired) electrons. The Morgan fingerprint density at radius 2 is 1.82 bits per heavy atom. The molecule has 1 heterocycles. The molecule has 0 unspecified atom stereocenters. The highest BCUT2D eigenvalue weighted by Crippen LogP contribution is 2.51. The van der Waals surface area contributed by atoms with Gasteiger partial charge in [-0.3, -0.25) is 19.8 Å². The topological polar surface area (TPSA) is 132 Å². The summed E-state index contributed by atoms with van der Waals surface area (Å²) in [5.74, 6) is -0.0935. The lowest BCUT2D eigenvalue weighted by Crippen LogP contribution is -2.40. The highest BCUT2D eigenvalue weighted by molar-refractivity contribution is 6.32. The van der Waals surface area contributed by atoms with E-state index >= 15 is 0 Å². The zero-order valence-corrected chi connectivity index (χ0v) is 22.5. The number of hydrogen-bond acceptors (Lipinski definition) is 8. The van der Waals surface area contributed by atoms with Crippen LogP contribution in [0, 0.1) is 21.4 Å². The number of carbonyl (C=O) groups excluding carboxylic acids is 1. The number of methoxy groups -OCH3 is 2. The first-order valence-corrected chi connectivity index (χ1v) is 12.8. The second-order valence-corrected chi connectivity index (χ2v) is 9.89. The number of nitrogens with two attached hydrogens (primary N) is 1. The number of nitriles is 1. The second-order valence-electron chi connectivity index (χ2n) is 9.48. The van der Waals surface area contributed by atoms with Crippen LogP contribution in [0.1, 0.15) is 35.8 Å². The molecule has 3 aromatic carbocycles. The molecule has 2 aliphatic rings. The predicted octanol–water partition coefficient (Wildman–Crippen LogP) is 5.96. The molecular weight excluding hydrogens is 532 g/mol. The number of halogens is 1. The van der Waals surface area contributed by atoms with Gasteiger partial charge in [-0.05, 0) is 48.2 Å². The lowest BCUT2D eigenvalue weighted by molar-refractivity contribution is -0.384. The predicted molar refractivity (Wildman–Crippen MR) is 150 cm³/mol. The fraction of sp³-hybridized carbons (Fsp3) is 0.200. The van der Waals surface area contributed by atoms with Crippen molar-refractivity contribution in [1.82, 2.24) is 0 Å². The summed E-state index contributed by atoms with van der Waals surface area (Å²) in [6.45, 7) is 0. The van der Waals surface area contributed by atoms with E-state index in [2.05, 4.69) is 6.07 Å². The number of ether oxygens (including phenoxy) is 2. The van der Waals surface area contributed by atoms with E-state index < -0.39 is 10.8 Å². The van der Waals surface area contributed by atoms with Gasteiger partial charge in [0.25, 0.3) is 5.69 Å². The molecule has 10 heteroatoms. The van der Waals surface area contributed by atoms with E-state index in [1.165, 1.54) is 26.4 Å². The number of ketones is 1. The second kappa shape index (κ2) is 10.8. The molecule has 202 valence electrons. The van der Waals surface area contributed by atoms with Gasteiger partial charge in [0.05, 0.1) is 42.4 Å². The number of anilines is 1. The smallest absolute Gasteiger partial charge is 0.289 e. The molecule has 0 spiro atoms. The first kappa shape index (κ1) is 26.8. The van der Waals surface area contributed by atoms with Crippen molar-refractivity contribution >= 4 is 28.8 Å². The molecule has 9 nitrogen and oxygen atoms in total. The molecule has 0 fully saturated rings. The fourth-order valence-corrected chi connectivity index (χ4v) is 5.73. The third-order valence-corrected chi connectivity index (χ3v) is 7.69. The Morgan fingerprint density at radius 1 is 1.07 bits per heavy atom. The highest BCUT2D eigenvalue weighted by atomic mass is 35.5. The molecule has 2 N–H and O–H groups in total. The monoisotopic (exact) mass is 556 g/mol. The normalized spacial score (nSPS) is 18.8. The minimum absolute atomic E-state index is 0.0381. The van der Waals surface area contributed by atoms with Crippen molar-refractivity contribution < 1.29 is 19.2 Å². The number of benzene rings is 3. The van der Waals surface area contributed by atoms with Crippen molar-refractivity contribution in [2.24, 2.45) is 5.73 Å². The number of hydrogen-bond donors (Lipinski definition) is 1. The maximum absolute atomic E-state index is 14.1. The molecule has 0 amide bonds. The van der Waals surface area contributed by atoms with E-state index in [-0.39, 0.29) is 40.2 Å². The molecule has 2 atom stereocenters. The number of Topliss-reactive ketones (excluding diaryl/α,β-unsaturated/α-hetero) is 1. The van der Waals surface area contributed by atoms with Gasteiger partial charge in [-0.15, -0.1) is 0 Å². The summed E-state index contributed by atoms with van der Waals surface area (Å²) in [5.41, 5.74) is 9.34. The van der Waals surface area contributed by atoms with Crippen LogP contribution >= 0.6 is 11.6 Å². The number of carbonyl (C=O) groups is 1. The summed E-state index contributed by atoms with van der Waals surface area (Å²) in [5, 5.41) is 22.1. The van der Waals surface area contributed by atoms with Crippen LogP contribution in [-0.2, 0) is 4.79 Å². The van der Waals surface area contributed by atoms with E-state index in [1.807, 2.05) is 30.3 Å². The number of nitrogens with zero attached hydrogens (tertiary/aromatic N) is 3. The van der Waals surface area contributed by atoms with Gasteiger partial charge >= 0.3 is 0 Å². The maximum Gasteiger partial charge on any atom is 0.289 e. The Hall–Kier alpha value is -4.81. The van der Waals surface area contributed by atoms with E-state index in [1.54, 1.807) is 29.2 Å². The number of allylic oxidation sites excluding steroid dienone is 3. The molecule has 0 saturated heterocycles. The van der Waals surface area contributed by atoms with Gasteiger partial charge in [-0.25, -0.2) is 0 Å². The Kier molecular flexibility index (Phi) is 7.20. The molecule has 5 rings (SSSR count). The Labute approximate surface area is 235 Å². The van der Waals surface area contributed by atoms with Crippen molar-refractivity contribution in [2.75, 3.05) is 19.1 Å². The van der Waals surface area contributed by atoms with Crippen molar-refractivity contribution in [3.05, 3.63) is 116 Å². The van der Waals surface area contributed by atoms with E-state index in [4.69, 9.17) is 26.8 Å². The molecule has 0 bridgehead atoms. The van der Waals surface area contributed by atoms with Crippen LogP contribution in [0.2, 0.25) is 5.02 Å². The first-order chi connectivity index (χ1) is 19.3. The van der Waals surface area contributed by atoms with Crippen LogP contribution in [-0.4, -0.2) is 24.9 Å². The summed E-state index contributed by atoms with van der Waals surface area (Å²) < 4.78 is 11.1.